The first-order chi connectivity index (χ1) is 10.7. The lowest BCUT2D eigenvalue weighted by molar-refractivity contribution is -0.137. The van der Waals surface area contributed by atoms with Gasteiger partial charge in [-0.2, -0.15) is 13.2 Å². The molecule has 1 aromatic carbocycles. The molecule has 0 bridgehead atoms. The number of aryl methyl sites for hydroxylation is 2. The third kappa shape index (κ3) is 4.25. The quantitative estimate of drug-likeness (QED) is 0.884. The number of carbonyl (C=O) groups excluding carboxylic acids is 1. The second-order valence-corrected chi connectivity index (χ2v) is 5.45. The van der Waals surface area contributed by atoms with Gasteiger partial charge in [-0.3, -0.25) is 4.79 Å². The first-order valence-electron chi connectivity index (χ1n) is 6.77. The lowest BCUT2D eigenvalue weighted by Gasteiger charge is -2.11. The molecule has 0 radical (unpaired) electrons. The molecule has 2 rings (SSSR count). The number of nitrogens with zero attached hydrogens (tertiary/aromatic N) is 1. The topological polar surface area (TPSA) is 55.1 Å². The van der Waals surface area contributed by atoms with Crippen LogP contribution in [0.1, 0.15) is 29.0 Å². The van der Waals surface area contributed by atoms with E-state index in [0.29, 0.717) is 17.9 Å². The Hall–Kier alpha value is -2.02. The van der Waals surface area contributed by atoms with Crippen molar-refractivity contribution < 1.29 is 22.5 Å². The molecule has 4 nitrogen and oxygen atoms in total. The predicted molar refractivity (Wildman–Crippen MR) is 79.4 cm³/mol. The van der Waals surface area contributed by atoms with Gasteiger partial charge in [-0.1, -0.05) is 16.8 Å². The van der Waals surface area contributed by atoms with E-state index >= 15 is 0 Å². The van der Waals surface area contributed by atoms with Gasteiger partial charge in [-0.05, 0) is 38.5 Å². The molecule has 0 aliphatic rings. The Kier molecular flexibility index (Phi) is 4.99. The molecule has 1 N–H and O–H groups in total. The first kappa shape index (κ1) is 17.3. The summed E-state index contributed by atoms with van der Waals surface area (Å²) >= 11 is 5.79. The fraction of sp³-hybridized carbons (Fsp3) is 0.333. The average Bonchev–Trinajstić information content (AvgIpc) is 2.77. The number of nitrogens with one attached hydrogen (secondary N) is 1. The molecule has 23 heavy (non-hydrogen) atoms. The Morgan fingerprint density at radius 1 is 1.35 bits per heavy atom. The van der Waals surface area contributed by atoms with Crippen LogP contribution in [0.5, 0.6) is 0 Å². The van der Waals surface area contributed by atoms with E-state index in [-0.39, 0.29) is 23.0 Å². The van der Waals surface area contributed by atoms with Gasteiger partial charge in [0.25, 0.3) is 0 Å². The minimum atomic E-state index is -4.48. The number of hydrogen-bond donors (Lipinski definition) is 1. The predicted octanol–water partition coefficient (Wildman–Crippen LogP) is 4.53. The number of halogens is 4. The van der Waals surface area contributed by atoms with E-state index < -0.39 is 11.7 Å². The zero-order chi connectivity index (χ0) is 17.2. The third-order valence-corrected chi connectivity index (χ3v) is 3.67. The van der Waals surface area contributed by atoms with Crippen molar-refractivity contribution in [3.8, 4) is 0 Å². The van der Waals surface area contributed by atoms with E-state index in [2.05, 4.69) is 10.5 Å². The zero-order valence-corrected chi connectivity index (χ0v) is 13.2. The Labute approximate surface area is 135 Å². The van der Waals surface area contributed by atoms with Crippen molar-refractivity contribution in [1.82, 2.24) is 5.16 Å². The summed E-state index contributed by atoms with van der Waals surface area (Å²) in [5.74, 6) is 0.287. The lowest BCUT2D eigenvalue weighted by atomic mass is 10.1. The maximum absolute atomic E-state index is 12.6. The normalized spacial score (nSPS) is 11.6. The molecule has 0 unspecified atom stereocenters. The van der Waals surface area contributed by atoms with Crippen molar-refractivity contribution in [3.63, 3.8) is 0 Å². The number of amides is 1. The highest BCUT2D eigenvalue weighted by Gasteiger charge is 2.31. The highest BCUT2D eigenvalue weighted by atomic mass is 35.5. The standard InChI is InChI=1S/C15H14ClF3N2O2/c1-8-11(9(2)23-21-8)4-6-14(22)20-13-5-3-10(7-12(13)16)15(17,18)19/h3,5,7H,4,6H2,1-2H3,(H,20,22). The Morgan fingerprint density at radius 3 is 2.57 bits per heavy atom. The molecular formula is C15H14ClF3N2O2. The summed E-state index contributed by atoms with van der Waals surface area (Å²) < 4.78 is 42.7. The number of aromatic nitrogens is 1. The molecule has 2 aromatic rings. The van der Waals surface area contributed by atoms with Crippen molar-refractivity contribution in [3.05, 3.63) is 45.8 Å². The summed E-state index contributed by atoms with van der Waals surface area (Å²) in [5.41, 5.74) is 0.834. The highest BCUT2D eigenvalue weighted by molar-refractivity contribution is 6.33. The van der Waals surface area contributed by atoms with Crippen LogP contribution in [0.4, 0.5) is 18.9 Å². The van der Waals surface area contributed by atoms with E-state index in [9.17, 15) is 18.0 Å². The maximum atomic E-state index is 12.6. The molecule has 1 amide bonds. The van der Waals surface area contributed by atoms with Crippen LogP contribution in [0.25, 0.3) is 0 Å². The van der Waals surface area contributed by atoms with E-state index in [1.807, 2.05) is 0 Å². The zero-order valence-electron chi connectivity index (χ0n) is 12.4. The number of rotatable bonds is 4. The lowest BCUT2D eigenvalue weighted by Crippen LogP contribution is -2.13. The molecule has 8 heteroatoms. The summed E-state index contributed by atoms with van der Waals surface area (Å²) in [6.07, 6.45) is -3.92. The maximum Gasteiger partial charge on any atom is 0.416 e. The molecule has 0 fully saturated rings. The smallest absolute Gasteiger partial charge is 0.361 e. The fourth-order valence-electron chi connectivity index (χ4n) is 2.10. The van der Waals surface area contributed by atoms with Crippen LogP contribution in [0, 0.1) is 13.8 Å². The fourth-order valence-corrected chi connectivity index (χ4v) is 2.33. The third-order valence-electron chi connectivity index (χ3n) is 3.35. The molecule has 0 atom stereocenters. The molecule has 0 aliphatic carbocycles. The van der Waals surface area contributed by atoms with Gasteiger partial charge >= 0.3 is 6.18 Å². The van der Waals surface area contributed by atoms with Crippen LogP contribution in [0.3, 0.4) is 0 Å². The molecule has 1 heterocycles. The van der Waals surface area contributed by atoms with Crippen molar-refractivity contribution in [2.24, 2.45) is 0 Å². The molecular weight excluding hydrogens is 333 g/mol. The molecule has 0 aliphatic heterocycles. The minimum Gasteiger partial charge on any atom is -0.361 e. The monoisotopic (exact) mass is 346 g/mol. The number of hydrogen-bond acceptors (Lipinski definition) is 3. The van der Waals surface area contributed by atoms with Gasteiger partial charge in [0.05, 0.1) is 22.0 Å². The van der Waals surface area contributed by atoms with Gasteiger partial charge in [0, 0.05) is 12.0 Å². The number of alkyl halides is 3. The van der Waals surface area contributed by atoms with Gasteiger partial charge in [-0.25, -0.2) is 0 Å². The summed E-state index contributed by atoms with van der Waals surface area (Å²) in [4.78, 5) is 11.9. The van der Waals surface area contributed by atoms with Crippen molar-refractivity contribution in [2.75, 3.05) is 5.32 Å². The van der Waals surface area contributed by atoms with Crippen molar-refractivity contribution in [2.45, 2.75) is 32.9 Å². The van der Waals surface area contributed by atoms with E-state index in [4.69, 9.17) is 16.1 Å². The number of carbonyl (C=O) groups is 1. The van der Waals surface area contributed by atoms with E-state index in [1.54, 1.807) is 13.8 Å². The van der Waals surface area contributed by atoms with Crippen molar-refractivity contribution in [1.29, 1.82) is 0 Å². The van der Waals surface area contributed by atoms with Crippen LogP contribution in [0.2, 0.25) is 5.02 Å². The summed E-state index contributed by atoms with van der Waals surface area (Å²) in [6, 6.07) is 2.79. The highest BCUT2D eigenvalue weighted by Crippen LogP contribution is 2.33. The number of anilines is 1. The number of benzene rings is 1. The molecule has 0 spiro atoms. The Morgan fingerprint density at radius 2 is 2.04 bits per heavy atom. The summed E-state index contributed by atoms with van der Waals surface area (Å²) in [6.45, 7) is 3.52. The average molecular weight is 347 g/mol. The van der Waals surface area contributed by atoms with Crippen molar-refractivity contribution >= 4 is 23.2 Å². The molecule has 0 saturated heterocycles. The van der Waals surface area contributed by atoms with E-state index in [0.717, 1.165) is 23.8 Å². The molecule has 124 valence electrons. The van der Waals surface area contributed by atoms with Gasteiger partial charge < -0.3 is 9.84 Å². The Bertz CT molecular complexity index is 706. The van der Waals surface area contributed by atoms with Gasteiger partial charge in [0.15, 0.2) is 0 Å². The van der Waals surface area contributed by atoms with E-state index in [1.165, 1.54) is 0 Å². The van der Waals surface area contributed by atoms with Crippen LogP contribution in [-0.2, 0) is 17.4 Å². The first-order valence-corrected chi connectivity index (χ1v) is 7.14. The summed E-state index contributed by atoms with van der Waals surface area (Å²) in [5, 5.41) is 6.13. The largest absolute Gasteiger partial charge is 0.416 e. The van der Waals surface area contributed by atoms with Gasteiger partial charge in [0.2, 0.25) is 5.91 Å². The summed E-state index contributed by atoms with van der Waals surface area (Å²) in [7, 11) is 0. The van der Waals surface area contributed by atoms with Crippen LogP contribution in [-0.4, -0.2) is 11.1 Å². The second kappa shape index (κ2) is 6.62. The van der Waals surface area contributed by atoms with Gasteiger partial charge in [-0.15, -0.1) is 0 Å². The molecule has 1 aromatic heterocycles. The van der Waals surface area contributed by atoms with Gasteiger partial charge in [0.1, 0.15) is 5.76 Å². The Balaban J connectivity index is 2.01. The van der Waals surface area contributed by atoms with Crippen LogP contribution >= 0.6 is 11.6 Å². The second-order valence-electron chi connectivity index (χ2n) is 5.04. The minimum absolute atomic E-state index is 0.139. The van der Waals surface area contributed by atoms with Crippen LogP contribution in [0.15, 0.2) is 22.7 Å². The SMILES string of the molecule is Cc1noc(C)c1CCC(=O)Nc1ccc(C(F)(F)F)cc1Cl. The molecule has 0 saturated carbocycles. The van der Waals surface area contributed by atoms with Crippen LogP contribution < -0.4 is 5.32 Å².